The summed E-state index contributed by atoms with van der Waals surface area (Å²) in [5.41, 5.74) is 3.37. The molecule has 1 saturated carbocycles. The summed E-state index contributed by atoms with van der Waals surface area (Å²) in [5, 5.41) is 8.53. The van der Waals surface area contributed by atoms with Crippen molar-refractivity contribution in [3.8, 4) is 11.5 Å². The number of fused-ring (bicyclic) bond motifs is 1. The van der Waals surface area contributed by atoms with Crippen LogP contribution < -0.4 is 25.0 Å². The van der Waals surface area contributed by atoms with Gasteiger partial charge in [0, 0.05) is 49.4 Å². The summed E-state index contributed by atoms with van der Waals surface area (Å²) in [6.45, 7) is 1.80. The van der Waals surface area contributed by atoms with Gasteiger partial charge in [-0.25, -0.2) is 4.98 Å². The molecule has 0 atom stereocenters. The molecule has 4 rings (SSSR count). The van der Waals surface area contributed by atoms with Gasteiger partial charge < -0.3 is 25.0 Å². The topological polar surface area (TPSA) is 58.7 Å². The van der Waals surface area contributed by atoms with Gasteiger partial charge in [-0.15, -0.1) is 0 Å². The highest BCUT2D eigenvalue weighted by molar-refractivity contribution is 5.93. The van der Waals surface area contributed by atoms with Crippen LogP contribution in [0.15, 0.2) is 48.5 Å². The van der Waals surface area contributed by atoms with Crippen LogP contribution in [0, 0.1) is 5.92 Å². The molecule has 1 aromatic heterocycles. The molecule has 0 saturated heterocycles. The molecule has 1 fully saturated rings. The van der Waals surface area contributed by atoms with E-state index in [0.29, 0.717) is 12.0 Å². The summed E-state index contributed by atoms with van der Waals surface area (Å²) in [4.78, 5) is 7.03. The van der Waals surface area contributed by atoms with Gasteiger partial charge >= 0.3 is 0 Å². The number of ether oxygens (including phenoxy) is 2. The van der Waals surface area contributed by atoms with Gasteiger partial charge in [0.05, 0.1) is 19.7 Å². The minimum absolute atomic E-state index is 0.475. The number of nitrogens with zero attached hydrogens (tertiary/aromatic N) is 2. The molecule has 3 aromatic rings. The Labute approximate surface area is 197 Å². The van der Waals surface area contributed by atoms with Crippen LogP contribution in [0.4, 0.5) is 11.5 Å². The van der Waals surface area contributed by atoms with Crippen molar-refractivity contribution in [2.24, 2.45) is 5.92 Å². The van der Waals surface area contributed by atoms with E-state index in [-0.39, 0.29) is 0 Å². The number of nitrogens with one attached hydrogen (secondary N) is 2. The van der Waals surface area contributed by atoms with Crippen LogP contribution in [0.5, 0.6) is 11.5 Å². The Morgan fingerprint density at radius 2 is 1.76 bits per heavy atom. The number of hydrogen-bond donors (Lipinski definition) is 2. The lowest BCUT2D eigenvalue weighted by Gasteiger charge is -2.30. The molecule has 0 spiro atoms. The fourth-order valence-electron chi connectivity index (χ4n) is 4.75. The third-order valence-corrected chi connectivity index (χ3v) is 6.61. The number of rotatable bonds is 9. The molecule has 2 N–H and O–H groups in total. The second-order valence-corrected chi connectivity index (χ2v) is 9.11. The largest absolute Gasteiger partial charge is 0.497 e. The molecule has 33 heavy (non-hydrogen) atoms. The van der Waals surface area contributed by atoms with Gasteiger partial charge in [-0.2, -0.15) is 0 Å². The summed E-state index contributed by atoms with van der Waals surface area (Å²) >= 11 is 0. The highest BCUT2D eigenvalue weighted by Gasteiger charge is 2.22. The molecule has 6 nitrogen and oxygen atoms in total. The summed E-state index contributed by atoms with van der Waals surface area (Å²) < 4.78 is 10.9. The van der Waals surface area contributed by atoms with Gasteiger partial charge in [-0.1, -0.05) is 18.2 Å². The first kappa shape index (κ1) is 23.2. The molecule has 1 aliphatic carbocycles. The first-order chi connectivity index (χ1) is 16.1. The van der Waals surface area contributed by atoms with Crippen molar-refractivity contribution in [2.45, 2.75) is 38.3 Å². The molecule has 0 amide bonds. The number of anilines is 2. The fraction of sp³-hybridized carbons (Fsp3) is 0.444. The monoisotopic (exact) mass is 448 g/mol. The molecule has 2 aromatic carbocycles. The van der Waals surface area contributed by atoms with E-state index in [4.69, 9.17) is 14.5 Å². The van der Waals surface area contributed by atoms with Crippen LogP contribution in [-0.2, 0) is 6.54 Å². The molecular weight excluding hydrogens is 412 g/mol. The Balaban J connectivity index is 1.29. The summed E-state index contributed by atoms with van der Waals surface area (Å²) in [6.07, 6.45) is 4.77. The Morgan fingerprint density at radius 1 is 0.970 bits per heavy atom. The molecule has 0 aliphatic heterocycles. The number of aromatic nitrogens is 1. The first-order valence-electron chi connectivity index (χ1n) is 11.8. The van der Waals surface area contributed by atoms with E-state index < -0.39 is 0 Å². The van der Waals surface area contributed by atoms with Crippen molar-refractivity contribution in [3.05, 3.63) is 54.1 Å². The van der Waals surface area contributed by atoms with E-state index in [9.17, 15) is 0 Å². The van der Waals surface area contributed by atoms with Crippen LogP contribution in [-0.4, -0.2) is 45.9 Å². The smallest absolute Gasteiger partial charge is 0.128 e. The van der Waals surface area contributed by atoms with Crippen LogP contribution >= 0.6 is 0 Å². The predicted molar refractivity (Wildman–Crippen MR) is 137 cm³/mol. The number of para-hydroxylation sites is 1. The van der Waals surface area contributed by atoms with E-state index in [1.165, 1.54) is 36.8 Å². The van der Waals surface area contributed by atoms with E-state index in [0.717, 1.165) is 41.5 Å². The number of benzene rings is 2. The Kier molecular flexibility index (Phi) is 7.55. The Hall–Kier alpha value is -2.99. The van der Waals surface area contributed by atoms with Crippen LogP contribution in [0.1, 0.15) is 31.2 Å². The van der Waals surface area contributed by atoms with Crippen molar-refractivity contribution in [1.82, 2.24) is 10.3 Å². The van der Waals surface area contributed by atoms with Gasteiger partial charge in [-0.3, -0.25) is 0 Å². The van der Waals surface area contributed by atoms with Gasteiger partial charge in [0.1, 0.15) is 17.3 Å². The maximum absolute atomic E-state index is 5.50. The molecule has 6 heteroatoms. The van der Waals surface area contributed by atoms with Gasteiger partial charge in [0.25, 0.3) is 0 Å². The zero-order valence-electron chi connectivity index (χ0n) is 20.2. The van der Waals surface area contributed by atoms with Crippen molar-refractivity contribution >= 4 is 22.4 Å². The number of hydrogen-bond acceptors (Lipinski definition) is 6. The zero-order valence-corrected chi connectivity index (χ0v) is 20.2. The summed E-state index contributed by atoms with van der Waals surface area (Å²) in [7, 11) is 7.58. The first-order valence-corrected chi connectivity index (χ1v) is 11.8. The summed E-state index contributed by atoms with van der Waals surface area (Å²) in [5.74, 6) is 3.43. The van der Waals surface area contributed by atoms with E-state index in [1.54, 1.807) is 14.2 Å². The maximum atomic E-state index is 5.50. The molecule has 176 valence electrons. The van der Waals surface area contributed by atoms with Crippen molar-refractivity contribution in [3.63, 3.8) is 0 Å². The normalized spacial score (nSPS) is 18.2. The van der Waals surface area contributed by atoms with Crippen LogP contribution in [0.3, 0.4) is 0 Å². The fourth-order valence-corrected chi connectivity index (χ4v) is 4.75. The molecule has 0 radical (unpaired) electrons. The summed E-state index contributed by atoms with van der Waals surface area (Å²) in [6, 6.07) is 17.0. The van der Waals surface area contributed by atoms with Crippen molar-refractivity contribution in [1.29, 1.82) is 0 Å². The number of pyridine rings is 1. The minimum Gasteiger partial charge on any atom is -0.497 e. The van der Waals surface area contributed by atoms with Gasteiger partial charge in [0.2, 0.25) is 0 Å². The van der Waals surface area contributed by atoms with Crippen molar-refractivity contribution < 1.29 is 9.47 Å². The third-order valence-electron chi connectivity index (χ3n) is 6.61. The van der Waals surface area contributed by atoms with Crippen LogP contribution in [0.2, 0.25) is 0 Å². The van der Waals surface area contributed by atoms with Gasteiger partial charge in [-0.05, 0) is 62.4 Å². The lowest BCUT2D eigenvalue weighted by atomic mass is 9.86. The second kappa shape index (κ2) is 10.8. The quantitative estimate of drug-likeness (QED) is 0.476. The average molecular weight is 449 g/mol. The molecule has 0 bridgehead atoms. The second-order valence-electron chi connectivity index (χ2n) is 9.11. The maximum Gasteiger partial charge on any atom is 0.128 e. The molecule has 1 heterocycles. The SMILES string of the molecule is COc1ccc(OC)c(CNC[C@H]2CC[C@@H](Nc3cc(N(C)C)c4ccccc4n3)CC2)c1. The lowest BCUT2D eigenvalue weighted by Crippen LogP contribution is -2.31. The highest BCUT2D eigenvalue weighted by atomic mass is 16.5. The number of methoxy groups -OCH3 is 2. The van der Waals surface area contributed by atoms with Gasteiger partial charge in [0.15, 0.2) is 0 Å². The minimum atomic E-state index is 0.475. The molecular formula is C27H36N4O2. The molecule has 0 unspecified atom stereocenters. The standard InChI is InChI=1S/C27H36N4O2/c1-31(2)25-16-27(30-24-8-6-5-7-23(24)25)29-21-11-9-19(10-12-21)17-28-18-20-15-22(32-3)13-14-26(20)33-4/h5-8,13-16,19,21,28H,9-12,17-18H2,1-4H3,(H,29,30)/t19-,21+. The Morgan fingerprint density at radius 3 is 2.48 bits per heavy atom. The van der Waals surface area contributed by atoms with E-state index in [1.807, 2.05) is 18.2 Å². The lowest BCUT2D eigenvalue weighted by molar-refractivity contribution is 0.323. The van der Waals surface area contributed by atoms with Crippen molar-refractivity contribution in [2.75, 3.05) is 45.1 Å². The Bertz CT molecular complexity index is 1060. The zero-order chi connectivity index (χ0) is 23.2. The van der Waals surface area contributed by atoms with E-state index in [2.05, 4.69) is 60.0 Å². The predicted octanol–water partition coefficient (Wildman–Crippen LogP) is 5.08. The third kappa shape index (κ3) is 5.69. The van der Waals surface area contributed by atoms with Crippen LogP contribution in [0.25, 0.3) is 10.9 Å². The highest BCUT2D eigenvalue weighted by Crippen LogP contribution is 2.30. The average Bonchev–Trinajstić information content (AvgIpc) is 2.84. The van der Waals surface area contributed by atoms with E-state index >= 15 is 0 Å². The molecule has 1 aliphatic rings.